The first-order valence-electron chi connectivity index (χ1n) is 5.81. The second-order valence-electron chi connectivity index (χ2n) is 4.36. The first-order valence-corrected chi connectivity index (χ1v) is 7.13. The number of aromatic nitrogens is 1. The number of aryl methyl sites for hydroxylation is 1. The molecule has 3 aromatic rings. The van der Waals surface area contributed by atoms with E-state index in [4.69, 9.17) is 21.9 Å². The van der Waals surface area contributed by atoms with E-state index in [-0.39, 0.29) is 10.8 Å². The third-order valence-corrected chi connectivity index (χ3v) is 4.19. The van der Waals surface area contributed by atoms with Gasteiger partial charge < -0.3 is 10.3 Å². The Hall–Kier alpha value is -1.85. The van der Waals surface area contributed by atoms with Gasteiger partial charge in [0.15, 0.2) is 11.6 Å². The van der Waals surface area contributed by atoms with E-state index in [0.29, 0.717) is 16.9 Å². The molecular weight excluding hydrogens is 299 g/mol. The number of nitrogen functional groups attached to an aromatic ring is 1. The van der Waals surface area contributed by atoms with Crippen molar-refractivity contribution in [2.45, 2.75) is 6.92 Å². The maximum Gasteiger partial charge on any atom is 0.178 e. The summed E-state index contributed by atoms with van der Waals surface area (Å²) in [6, 6.07) is 4.15. The van der Waals surface area contributed by atoms with Crippen LogP contribution in [0.4, 0.5) is 10.2 Å². The van der Waals surface area contributed by atoms with E-state index in [1.165, 1.54) is 12.1 Å². The number of rotatable bonds is 2. The summed E-state index contributed by atoms with van der Waals surface area (Å²) in [6.45, 7) is 1.97. The molecule has 2 N–H and O–H groups in total. The van der Waals surface area contributed by atoms with E-state index in [1.807, 2.05) is 17.7 Å². The van der Waals surface area contributed by atoms with Gasteiger partial charge in [-0.2, -0.15) is 11.3 Å². The minimum atomic E-state index is -0.401. The van der Waals surface area contributed by atoms with Crippen LogP contribution < -0.4 is 5.73 Å². The van der Waals surface area contributed by atoms with Gasteiger partial charge in [0.05, 0.1) is 10.6 Å². The number of hydrogen-bond donors (Lipinski definition) is 1. The minimum Gasteiger partial charge on any atom is -0.380 e. The molecule has 6 heteroatoms. The van der Waals surface area contributed by atoms with E-state index in [2.05, 4.69) is 5.16 Å². The molecule has 1 aromatic carbocycles. The number of anilines is 1. The molecule has 3 rings (SSSR count). The average Bonchev–Trinajstić information content (AvgIpc) is 2.96. The summed E-state index contributed by atoms with van der Waals surface area (Å²) in [6.07, 6.45) is 0. The SMILES string of the molecule is Cc1cscc1-c1onc(N)c1-c1ccc(F)cc1Cl. The smallest absolute Gasteiger partial charge is 0.178 e. The summed E-state index contributed by atoms with van der Waals surface area (Å²) in [5.41, 5.74) is 9.05. The zero-order valence-electron chi connectivity index (χ0n) is 10.5. The zero-order valence-corrected chi connectivity index (χ0v) is 12.1. The lowest BCUT2D eigenvalue weighted by Gasteiger charge is -2.05. The van der Waals surface area contributed by atoms with Crippen molar-refractivity contribution < 1.29 is 8.91 Å². The van der Waals surface area contributed by atoms with Crippen molar-refractivity contribution in [1.82, 2.24) is 5.16 Å². The van der Waals surface area contributed by atoms with Crippen LogP contribution in [-0.4, -0.2) is 5.16 Å². The fraction of sp³-hybridized carbons (Fsp3) is 0.0714. The van der Waals surface area contributed by atoms with E-state index in [1.54, 1.807) is 17.4 Å². The quantitative estimate of drug-likeness (QED) is 0.743. The van der Waals surface area contributed by atoms with Crippen molar-refractivity contribution in [1.29, 1.82) is 0 Å². The number of nitrogens with two attached hydrogens (primary N) is 1. The predicted octanol–water partition coefficient (Wildman–Crippen LogP) is 4.75. The second kappa shape index (κ2) is 4.92. The molecular formula is C14H10ClFN2OS. The molecule has 0 bridgehead atoms. The van der Waals surface area contributed by atoms with Gasteiger partial charge in [-0.05, 0) is 36.1 Å². The standard InChI is InChI=1S/C14H10ClFN2OS/c1-7-5-20-6-10(7)13-12(14(17)18-19-13)9-3-2-8(16)4-11(9)15/h2-6H,1H3,(H2,17,18). The van der Waals surface area contributed by atoms with E-state index >= 15 is 0 Å². The highest BCUT2D eigenvalue weighted by molar-refractivity contribution is 7.08. The van der Waals surface area contributed by atoms with Gasteiger partial charge >= 0.3 is 0 Å². The molecule has 0 fully saturated rings. The predicted molar refractivity (Wildman–Crippen MR) is 79.4 cm³/mol. The lowest BCUT2D eigenvalue weighted by Crippen LogP contribution is -1.90. The van der Waals surface area contributed by atoms with Gasteiger partial charge in [0.25, 0.3) is 0 Å². The van der Waals surface area contributed by atoms with Crippen LogP contribution in [0, 0.1) is 12.7 Å². The van der Waals surface area contributed by atoms with Gasteiger partial charge in [-0.15, -0.1) is 0 Å². The first-order chi connectivity index (χ1) is 9.58. The van der Waals surface area contributed by atoms with Crippen LogP contribution in [-0.2, 0) is 0 Å². The van der Waals surface area contributed by atoms with Crippen LogP contribution in [0.3, 0.4) is 0 Å². The number of hydrogen-bond acceptors (Lipinski definition) is 4. The summed E-state index contributed by atoms with van der Waals surface area (Å²) in [7, 11) is 0. The Kier molecular flexibility index (Phi) is 3.23. The Labute approximate surface area is 123 Å². The van der Waals surface area contributed by atoms with Crippen LogP contribution in [0.15, 0.2) is 33.5 Å². The zero-order chi connectivity index (χ0) is 14.3. The van der Waals surface area contributed by atoms with E-state index in [0.717, 1.165) is 11.1 Å². The van der Waals surface area contributed by atoms with E-state index in [9.17, 15) is 4.39 Å². The monoisotopic (exact) mass is 308 g/mol. The molecule has 0 aliphatic rings. The number of halogens is 2. The number of nitrogens with zero attached hydrogens (tertiary/aromatic N) is 1. The fourth-order valence-corrected chi connectivity index (χ4v) is 3.12. The van der Waals surface area contributed by atoms with Crippen molar-refractivity contribution in [2.24, 2.45) is 0 Å². The van der Waals surface area contributed by atoms with Crippen molar-refractivity contribution in [3.8, 4) is 22.5 Å². The molecule has 102 valence electrons. The third-order valence-electron chi connectivity index (χ3n) is 3.02. The van der Waals surface area contributed by atoms with Gasteiger partial charge in [0.2, 0.25) is 0 Å². The Morgan fingerprint density at radius 2 is 2.10 bits per heavy atom. The molecule has 3 nitrogen and oxygen atoms in total. The highest BCUT2D eigenvalue weighted by Gasteiger charge is 2.21. The Morgan fingerprint density at radius 1 is 1.30 bits per heavy atom. The Balaban J connectivity index is 2.24. The number of thiophene rings is 1. The second-order valence-corrected chi connectivity index (χ2v) is 5.52. The fourth-order valence-electron chi connectivity index (χ4n) is 2.03. The van der Waals surface area contributed by atoms with Gasteiger partial charge in [0, 0.05) is 16.5 Å². The Morgan fingerprint density at radius 3 is 2.75 bits per heavy atom. The lowest BCUT2D eigenvalue weighted by molar-refractivity contribution is 0.436. The molecule has 0 radical (unpaired) electrons. The molecule has 0 spiro atoms. The summed E-state index contributed by atoms with van der Waals surface area (Å²) < 4.78 is 18.5. The van der Waals surface area contributed by atoms with E-state index < -0.39 is 5.82 Å². The molecule has 0 aliphatic heterocycles. The van der Waals surface area contributed by atoms with Gasteiger partial charge in [-0.25, -0.2) is 4.39 Å². The molecule has 2 aromatic heterocycles. The molecule has 0 unspecified atom stereocenters. The molecule has 0 saturated carbocycles. The van der Waals surface area contributed by atoms with Gasteiger partial charge in [0.1, 0.15) is 5.82 Å². The lowest BCUT2D eigenvalue weighted by atomic mass is 10.0. The highest BCUT2D eigenvalue weighted by Crippen LogP contribution is 2.41. The van der Waals surface area contributed by atoms with Gasteiger partial charge in [-0.1, -0.05) is 16.8 Å². The normalized spacial score (nSPS) is 10.9. The summed E-state index contributed by atoms with van der Waals surface area (Å²) in [4.78, 5) is 0. The maximum absolute atomic E-state index is 13.2. The van der Waals surface area contributed by atoms with Crippen LogP contribution >= 0.6 is 22.9 Å². The van der Waals surface area contributed by atoms with Gasteiger partial charge in [-0.3, -0.25) is 0 Å². The summed E-state index contributed by atoms with van der Waals surface area (Å²) in [5.74, 6) is 0.385. The topological polar surface area (TPSA) is 52.0 Å². The average molecular weight is 309 g/mol. The van der Waals surface area contributed by atoms with Crippen LogP contribution in [0.5, 0.6) is 0 Å². The molecule has 0 atom stereocenters. The molecule has 2 heterocycles. The summed E-state index contributed by atoms with van der Waals surface area (Å²) in [5, 5.41) is 8.04. The highest BCUT2D eigenvalue weighted by atomic mass is 35.5. The van der Waals surface area contributed by atoms with Crippen LogP contribution in [0.1, 0.15) is 5.56 Å². The van der Waals surface area contributed by atoms with Crippen molar-refractivity contribution in [3.05, 3.63) is 45.4 Å². The maximum atomic E-state index is 13.2. The molecule has 0 saturated heterocycles. The molecule has 20 heavy (non-hydrogen) atoms. The Bertz CT molecular complexity index is 781. The minimum absolute atomic E-state index is 0.235. The number of benzene rings is 1. The first kappa shape index (κ1) is 13.1. The van der Waals surface area contributed by atoms with Crippen LogP contribution in [0.25, 0.3) is 22.5 Å². The van der Waals surface area contributed by atoms with Crippen molar-refractivity contribution in [3.63, 3.8) is 0 Å². The van der Waals surface area contributed by atoms with Crippen molar-refractivity contribution in [2.75, 3.05) is 5.73 Å². The molecule has 0 amide bonds. The largest absolute Gasteiger partial charge is 0.380 e. The summed E-state index contributed by atoms with van der Waals surface area (Å²) >= 11 is 7.66. The van der Waals surface area contributed by atoms with Crippen LogP contribution in [0.2, 0.25) is 5.02 Å². The third kappa shape index (κ3) is 2.09. The van der Waals surface area contributed by atoms with Crippen molar-refractivity contribution >= 4 is 28.8 Å². The molecule has 0 aliphatic carbocycles.